The lowest BCUT2D eigenvalue weighted by atomic mass is 9.75. The first-order chi connectivity index (χ1) is 6.34. The molecule has 1 nitrogen and oxygen atoms in total. The number of hydrogen-bond donors (Lipinski definition) is 1. The number of rotatable bonds is 0. The topological polar surface area (TPSA) is 26.0 Å². The molecule has 1 aromatic rings. The normalized spacial score (nSPS) is 27.0. The van der Waals surface area contributed by atoms with Gasteiger partial charge in [0, 0.05) is 5.54 Å². The van der Waals surface area contributed by atoms with Gasteiger partial charge >= 0.3 is 0 Å². The van der Waals surface area contributed by atoms with E-state index in [0.717, 1.165) is 6.42 Å². The van der Waals surface area contributed by atoms with Crippen molar-refractivity contribution in [2.75, 3.05) is 0 Å². The van der Waals surface area contributed by atoms with Gasteiger partial charge in [0.1, 0.15) is 0 Å². The Bertz CT molecular complexity index is 380. The molecule has 15 heavy (non-hydrogen) atoms. The second-order valence-electron chi connectivity index (χ2n) is 5.42. The Morgan fingerprint density at radius 3 is 2.40 bits per heavy atom. The summed E-state index contributed by atoms with van der Waals surface area (Å²) in [5.41, 5.74) is 10.5. The van der Waals surface area contributed by atoms with Crippen LogP contribution in [-0.2, 0) is 12.0 Å². The van der Waals surface area contributed by atoms with Gasteiger partial charge in [0.15, 0.2) is 0 Å². The van der Waals surface area contributed by atoms with Crippen molar-refractivity contribution in [2.24, 2.45) is 11.1 Å². The highest BCUT2D eigenvalue weighted by atomic mass is 35.5. The standard InChI is InChI=1S/C13H19N.ClH/c1-9-5-6-10-8-12(2,3)13(4,14)11(10)7-9;/h5-7H,8,14H2,1-4H3;1H. The van der Waals surface area contributed by atoms with Crippen molar-refractivity contribution in [3.8, 4) is 0 Å². The molecule has 0 bridgehead atoms. The molecule has 1 atom stereocenters. The molecule has 0 saturated carbocycles. The van der Waals surface area contributed by atoms with Gasteiger partial charge in [0.2, 0.25) is 0 Å². The minimum absolute atomic E-state index is 0. The summed E-state index contributed by atoms with van der Waals surface area (Å²) >= 11 is 0. The van der Waals surface area contributed by atoms with Crippen LogP contribution in [0.3, 0.4) is 0 Å². The predicted molar refractivity (Wildman–Crippen MR) is 67.5 cm³/mol. The summed E-state index contributed by atoms with van der Waals surface area (Å²) in [5, 5.41) is 0. The van der Waals surface area contributed by atoms with Crippen molar-refractivity contribution in [3.05, 3.63) is 34.9 Å². The maximum Gasteiger partial charge on any atom is 0.0438 e. The predicted octanol–water partition coefficient (Wildman–Crippen LogP) is 3.17. The molecule has 1 aliphatic carbocycles. The van der Waals surface area contributed by atoms with Gasteiger partial charge < -0.3 is 5.73 Å². The molecular weight excluding hydrogens is 206 g/mol. The average molecular weight is 226 g/mol. The Labute approximate surface area is 98.5 Å². The average Bonchev–Trinajstić information content (AvgIpc) is 2.22. The Hall–Kier alpha value is -0.530. The Balaban J connectivity index is 0.00000112. The maximum absolute atomic E-state index is 6.44. The molecule has 84 valence electrons. The van der Waals surface area contributed by atoms with Gasteiger partial charge in [-0.05, 0) is 36.8 Å². The first kappa shape index (κ1) is 12.5. The zero-order chi connectivity index (χ0) is 10.6. The van der Waals surface area contributed by atoms with Crippen LogP contribution in [0.1, 0.15) is 37.5 Å². The van der Waals surface area contributed by atoms with Crippen LogP contribution in [0.4, 0.5) is 0 Å². The van der Waals surface area contributed by atoms with E-state index in [1.165, 1.54) is 16.7 Å². The van der Waals surface area contributed by atoms with E-state index in [4.69, 9.17) is 5.73 Å². The monoisotopic (exact) mass is 225 g/mol. The third kappa shape index (κ3) is 1.68. The summed E-state index contributed by atoms with van der Waals surface area (Å²) in [6.45, 7) is 8.78. The zero-order valence-corrected chi connectivity index (χ0v) is 10.7. The fourth-order valence-electron chi connectivity index (χ4n) is 2.35. The quantitative estimate of drug-likeness (QED) is 0.721. The molecule has 0 radical (unpaired) electrons. The molecule has 0 spiro atoms. The summed E-state index contributed by atoms with van der Waals surface area (Å²) in [5.74, 6) is 0. The number of benzene rings is 1. The molecule has 2 N–H and O–H groups in total. The van der Waals surface area contributed by atoms with E-state index in [2.05, 4.69) is 45.9 Å². The summed E-state index contributed by atoms with van der Waals surface area (Å²) in [4.78, 5) is 0. The molecule has 0 heterocycles. The van der Waals surface area contributed by atoms with Gasteiger partial charge in [-0.25, -0.2) is 0 Å². The molecule has 0 aromatic heterocycles. The molecule has 2 heteroatoms. The molecule has 1 unspecified atom stereocenters. The van der Waals surface area contributed by atoms with E-state index < -0.39 is 0 Å². The fourth-order valence-corrected chi connectivity index (χ4v) is 2.35. The van der Waals surface area contributed by atoms with Crippen LogP contribution < -0.4 is 5.73 Å². The van der Waals surface area contributed by atoms with E-state index in [9.17, 15) is 0 Å². The second-order valence-corrected chi connectivity index (χ2v) is 5.42. The largest absolute Gasteiger partial charge is 0.321 e. The van der Waals surface area contributed by atoms with Crippen molar-refractivity contribution in [3.63, 3.8) is 0 Å². The van der Waals surface area contributed by atoms with Crippen LogP contribution >= 0.6 is 12.4 Å². The Morgan fingerprint density at radius 1 is 1.20 bits per heavy atom. The number of halogens is 1. The van der Waals surface area contributed by atoms with Gasteiger partial charge in [0.25, 0.3) is 0 Å². The van der Waals surface area contributed by atoms with Crippen molar-refractivity contribution < 1.29 is 0 Å². The molecular formula is C13H20ClN. The van der Waals surface area contributed by atoms with Gasteiger partial charge in [-0.2, -0.15) is 0 Å². The van der Waals surface area contributed by atoms with Crippen LogP contribution in [0, 0.1) is 12.3 Å². The van der Waals surface area contributed by atoms with Gasteiger partial charge in [-0.1, -0.05) is 37.6 Å². The second kappa shape index (κ2) is 3.50. The molecule has 0 amide bonds. The van der Waals surface area contributed by atoms with Crippen molar-refractivity contribution in [2.45, 2.75) is 39.7 Å². The fraction of sp³-hybridized carbons (Fsp3) is 0.538. The lowest BCUT2D eigenvalue weighted by molar-refractivity contribution is 0.211. The highest BCUT2D eigenvalue weighted by Gasteiger charge is 2.45. The lowest BCUT2D eigenvalue weighted by Gasteiger charge is -2.35. The minimum atomic E-state index is -0.186. The van der Waals surface area contributed by atoms with Crippen LogP contribution in [0.2, 0.25) is 0 Å². The summed E-state index contributed by atoms with van der Waals surface area (Å²) in [7, 11) is 0. The summed E-state index contributed by atoms with van der Waals surface area (Å²) < 4.78 is 0. The minimum Gasteiger partial charge on any atom is -0.321 e. The number of nitrogens with two attached hydrogens (primary N) is 1. The Morgan fingerprint density at radius 2 is 1.80 bits per heavy atom. The number of fused-ring (bicyclic) bond motifs is 1. The van der Waals surface area contributed by atoms with Crippen LogP contribution in [0.5, 0.6) is 0 Å². The molecule has 2 rings (SSSR count). The molecule has 0 saturated heterocycles. The highest BCUT2D eigenvalue weighted by molar-refractivity contribution is 5.85. The van der Waals surface area contributed by atoms with Crippen molar-refractivity contribution >= 4 is 12.4 Å². The zero-order valence-electron chi connectivity index (χ0n) is 9.92. The smallest absolute Gasteiger partial charge is 0.0438 e. The third-order valence-corrected chi connectivity index (χ3v) is 3.86. The Kier molecular flexibility index (Phi) is 2.92. The maximum atomic E-state index is 6.44. The summed E-state index contributed by atoms with van der Waals surface area (Å²) in [6.07, 6.45) is 1.09. The lowest BCUT2D eigenvalue weighted by Crippen LogP contribution is -2.43. The molecule has 0 fully saturated rings. The number of hydrogen-bond acceptors (Lipinski definition) is 1. The first-order valence-corrected chi connectivity index (χ1v) is 5.23. The molecule has 1 aliphatic rings. The number of aryl methyl sites for hydroxylation is 1. The van der Waals surface area contributed by atoms with Crippen LogP contribution in [-0.4, -0.2) is 0 Å². The first-order valence-electron chi connectivity index (χ1n) is 5.23. The van der Waals surface area contributed by atoms with E-state index in [-0.39, 0.29) is 23.4 Å². The van der Waals surface area contributed by atoms with Crippen LogP contribution in [0.25, 0.3) is 0 Å². The van der Waals surface area contributed by atoms with Crippen LogP contribution in [0.15, 0.2) is 18.2 Å². The van der Waals surface area contributed by atoms with E-state index >= 15 is 0 Å². The molecule has 1 aromatic carbocycles. The van der Waals surface area contributed by atoms with Crippen molar-refractivity contribution in [1.82, 2.24) is 0 Å². The third-order valence-electron chi connectivity index (χ3n) is 3.86. The van der Waals surface area contributed by atoms with Gasteiger partial charge in [-0.15, -0.1) is 12.4 Å². The van der Waals surface area contributed by atoms with Crippen molar-refractivity contribution in [1.29, 1.82) is 0 Å². The molecule has 0 aliphatic heterocycles. The van der Waals surface area contributed by atoms with Gasteiger partial charge in [0.05, 0.1) is 0 Å². The summed E-state index contributed by atoms with van der Waals surface area (Å²) in [6, 6.07) is 6.64. The van der Waals surface area contributed by atoms with E-state index in [1.54, 1.807) is 0 Å². The SMILES string of the molecule is Cc1ccc2c(c1)C(C)(N)C(C)(C)C2.Cl. The van der Waals surface area contributed by atoms with E-state index in [0.29, 0.717) is 0 Å². The van der Waals surface area contributed by atoms with E-state index in [1.807, 2.05) is 0 Å². The highest BCUT2D eigenvalue weighted by Crippen LogP contribution is 2.47. The van der Waals surface area contributed by atoms with Gasteiger partial charge in [-0.3, -0.25) is 0 Å².